The summed E-state index contributed by atoms with van der Waals surface area (Å²) in [5, 5.41) is 10.1. The van der Waals surface area contributed by atoms with Crippen molar-refractivity contribution in [1.29, 1.82) is 0 Å². The fraction of sp³-hybridized carbons (Fsp3) is 0.250. The topological polar surface area (TPSA) is 105 Å². The number of aromatic nitrogens is 2. The van der Waals surface area contributed by atoms with Crippen LogP contribution in [0.4, 0.5) is 0 Å². The number of ether oxygens (including phenoxy) is 2. The van der Waals surface area contributed by atoms with E-state index < -0.39 is 0 Å². The molecule has 146 valence electrons. The van der Waals surface area contributed by atoms with E-state index in [4.69, 9.17) is 9.47 Å². The van der Waals surface area contributed by atoms with E-state index in [9.17, 15) is 14.7 Å². The highest BCUT2D eigenvalue weighted by Gasteiger charge is 2.18. The number of carbonyl (C=O) groups excluding carboxylic acids is 1. The second-order valence-electron chi connectivity index (χ2n) is 6.10. The Morgan fingerprint density at radius 2 is 1.82 bits per heavy atom. The van der Waals surface area contributed by atoms with Gasteiger partial charge in [-0.1, -0.05) is 0 Å². The Bertz CT molecular complexity index is 1030. The number of carbonyl (C=O) groups is 1. The maximum Gasteiger partial charge on any atom is 0.254 e. The summed E-state index contributed by atoms with van der Waals surface area (Å²) in [6.45, 7) is -0.0563. The summed E-state index contributed by atoms with van der Waals surface area (Å²) in [5.41, 5.74) is 1.12. The van der Waals surface area contributed by atoms with Crippen LogP contribution < -0.4 is 15.0 Å². The zero-order chi connectivity index (χ0) is 20.1. The third-order valence-electron chi connectivity index (χ3n) is 4.37. The van der Waals surface area contributed by atoms with Crippen molar-refractivity contribution in [3.8, 4) is 11.5 Å². The molecule has 0 aliphatic carbocycles. The lowest BCUT2D eigenvalue weighted by molar-refractivity contribution is 0.0707. The SMILES string of the molecule is COc1cc2cc(CN(CCO)C(=O)c3ccncc3)c(=O)[nH]c2cc1OC. The van der Waals surface area contributed by atoms with Crippen LogP contribution in [0.25, 0.3) is 10.9 Å². The van der Waals surface area contributed by atoms with Crippen molar-refractivity contribution in [1.82, 2.24) is 14.9 Å². The maximum absolute atomic E-state index is 12.7. The number of aliphatic hydroxyl groups is 1. The predicted octanol–water partition coefficient (Wildman–Crippen LogP) is 1.57. The van der Waals surface area contributed by atoms with Gasteiger partial charge in [0.25, 0.3) is 11.5 Å². The Morgan fingerprint density at radius 3 is 2.46 bits per heavy atom. The molecule has 8 nitrogen and oxygen atoms in total. The van der Waals surface area contributed by atoms with Crippen LogP contribution >= 0.6 is 0 Å². The van der Waals surface area contributed by atoms with Gasteiger partial charge >= 0.3 is 0 Å². The first kappa shape index (κ1) is 19.4. The molecule has 2 aromatic heterocycles. The highest BCUT2D eigenvalue weighted by atomic mass is 16.5. The third-order valence-corrected chi connectivity index (χ3v) is 4.37. The first-order chi connectivity index (χ1) is 13.6. The largest absolute Gasteiger partial charge is 0.493 e. The summed E-state index contributed by atoms with van der Waals surface area (Å²) in [6, 6.07) is 8.34. The second kappa shape index (κ2) is 8.53. The average molecular weight is 383 g/mol. The van der Waals surface area contributed by atoms with Crippen molar-refractivity contribution in [2.24, 2.45) is 0 Å². The summed E-state index contributed by atoms with van der Waals surface area (Å²) >= 11 is 0. The summed E-state index contributed by atoms with van der Waals surface area (Å²) < 4.78 is 10.6. The summed E-state index contributed by atoms with van der Waals surface area (Å²) in [6.07, 6.45) is 3.04. The van der Waals surface area contributed by atoms with E-state index in [1.807, 2.05) is 0 Å². The van der Waals surface area contributed by atoms with Gasteiger partial charge in [-0.15, -0.1) is 0 Å². The molecule has 0 atom stereocenters. The number of amides is 1. The summed E-state index contributed by atoms with van der Waals surface area (Å²) in [7, 11) is 3.06. The molecule has 0 aliphatic heterocycles. The average Bonchev–Trinajstić information content (AvgIpc) is 2.73. The van der Waals surface area contributed by atoms with Gasteiger partial charge in [-0.25, -0.2) is 0 Å². The van der Waals surface area contributed by atoms with Gasteiger partial charge in [0.05, 0.1) is 32.9 Å². The van der Waals surface area contributed by atoms with Crippen LogP contribution in [-0.2, 0) is 6.54 Å². The quantitative estimate of drug-likeness (QED) is 0.642. The van der Waals surface area contributed by atoms with E-state index in [0.717, 1.165) is 5.39 Å². The fourth-order valence-electron chi connectivity index (χ4n) is 2.95. The summed E-state index contributed by atoms with van der Waals surface area (Å²) in [5.74, 6) is 0.754. The number of nitrogens with zero attached hydrogens (tertiary/aromatic N) is 2. The molecule has 0 saturated heterocycles. The number of benzene rings is 1. The van der Waals surface area contributed by atoms with E-state index in [-0.39, 0.29) is 31.2 Å². The number of H-pyrrole nitrogens is 1. The van der Waals surface area contributed by atoms with Crippen molar-refractivity contribution in [2.45, 2.75) is 6.54 Å². The molecule has 0 bridgehead atoms. The Labute approximate surface area is 161 Å². The number of methoxy groups -OCH3 is 2. The van der Waals surface area contributed by atoms with Crippen LogP contribution in [0.3, 0.4) is 0 Å². The van der Waals surface area contributed by atoms with Crippen molar-refractivity contribution in [2.75, 3.05) is 27.4 Å². The minimum Gasteiger partial charge on any atom is -0.493 e. The van der Waals surface area contributed by atoms with Gasteiger partial charge in [-0.05, 0) is 24.3 Å². The number of hydrogen-bond acceptors (Lipinski definition) is 6. The van der Waals surface area contributed by atoms with Crippen molar-refractivity contribution in [3.63, 3.8) is 0 Å². The van der Waals surface area contributed by atoms with Gasteiger partial charge in [0.2, 0.25) is 0 Å². The van der Waals surface area contributed by atoms with Gasteiger partial charge in [-0.2, -0.15) is 0 Å². The van der Waals surface area contributed by atoms with Gasteiger partial charge in [0, 0.05) is 41.5 Å². The molecular weight excluding hydrogens is 362 g/mol. The predicted molar refractivity (Wildman–Crippen MR) is 104 cm³/mol. The number of aromatic amines is 1. The first-order valence-corrected chi connectivity index (χ1v) is 8.65. The molecule has 0 radical (unpaired) electrons. The zero-order valence-electron chi connectivity index (χ0n) is 15.6. The molecule has 28 heavy (non-hydrogen) atoms. The van der Waals surface area contributed by atoms with Crippen molar-refractivity contribution >= 4 is 16.8 Å². The number of hydrogen-bond donors (Lipinski definition) is 2. The molecule has 2 heterocycles. The first-order valence-electron chi connectivity index (χ1n) is 8.65. The minimum atomic E-state index is -0.315. The maximum atomic E-state index is 12.7. The molecule has 0 aliphatic rings. The number of pyridine rings is 2. The van der Waals surface area contributed by atoms with Crippen LogP contribution in [0.1, 0.15) is 15.9 Å². The van der Waals surface area contributed by atoms with E-state index >= 15 is 0 Å². The molecule has 3 rings (SSSR count). The van der Waals surface area contributed by atoms with E-state index in [1.165, 1.54) is 31.5 Å². The molecular formula is C20H21N3O5. The monoisotopic (exact) mass is 383 g/mol. The number of fused-ring (bicyclic) bond motifs is 1. The number of nitrogens with one attached hydrogen (secondary N) is 1. The van der Waals surface area contributed by atoms with Gasteiger partial charge in [0.1, 0.15) is 0 Å². The third kappa shape index (κ3) is 3.96. The normalized spacial score (nSPS) is 10.7. The van der Waals surface area contributed by atoms with Crippen LogP contribution in [0, 0.1) is 0 Å². The molecule has 0 saturated carbocycles. The second-order valence-corrected chi connectivity index (χ2v) is 6.10. The lowest BCUT2D eigenvalue weighted by atomic mass is 10.1. The lowest BCUT2D eigenvalue weighted by Crippen LogP contribution is -2.35. The molecule has 8 heteroatoms. The molecule has 2 N–H and O–H groups in total. The molecule has 1 aromatic carbocycles. The zero-order valence-corrected chi connectivity index (χ0v) is 15.6. The Hall–Kier alpha value is -3.39. The van der Waals surface area contributed by atoms with Gasteiger partial charge in [0.15, 0.2) is 11.5 Å². The van der Waals surface area contributed by atoms with Crippen LogP contribution in [0.5, 0.6) is 11.5 Å². The van der Waals surface area contributed by atoms with Gasteiger partial charge in [-0.3, -0.25) is 14.6 Å². The molecule has 1 amide bonds. The highest BCUT2D eigenvalue weighted by molar-refractivity contribution is 5.94. The number of rotatable bonds is 7. The molecule has 0 unspecified atom stereocenters. The van der Waals surface area contributed by atoms with Gasteiger partial charge < -0.3 is 24.5 Å². The van der Waals surface area contributed by atoms with E-state index in [0.29, 0.717) is 28.1 Å². The van der Waals surface area contributed by atoms with E-state index in [1.54, 1.807) is 30.3 Å². The van der Waals surface area contributed by atoms with E-state index in [2.05, 4.69) is 9.97 Å². The smallest absolute Gasteiger partial charge is 0.254 e. The molecule has 3 aromatic rings. The standard InChI is InChI=1S/C20H21N3O5/c1-27-17-10-14-9-15(19(25)22-16(14)11-18(17)28-2)12-23(7-8-24)20(26)13-3-5-21-6-4-13/h3-6,9-11,24H,7-8,12H2,1-2H3,(H,22,25). The van der Waals surface area contributed by atoms with Crippen molar-refractivity contribution < 1.29 is 19.4 Å². The number of aliphatic hydroxyl groups excluding tert-OH is 1. The van der Waals surface area contributed by atoms with Crippen LogP contribution in [0.2, 0.25) is 0 Å². The van der Waals surface area contributed by atoms with Crippen LogP contribution in [0.15, 0.2) is 47.5 Å². The minimum absolute atomic E-state index is 0.0569. The molecule has 0 spiro atoms. The van der Waals surface area contributed by atoms with Crippen LogP contribution in [-0.4, -0.2) is 53.3 Å². The summed E-state index contributed by atoms with van der Waals surface area (Å²) in [4.78, 5) is 33.4. The molecule has 0 fully saturated rings. The highest BCUT2D eigenvalue weighted by Crippen LogP contribution is 2.31. The Morgan fingerprint density at radius 1 is 1.14 bits per heavy atom. The Balaban J connectivity index is 1.97. The lowest BCUT2D eigenvalue weighted by Gasteiger charge is -2.22. The fourth-order valence-corrected chi connectivity index (χ4v) is 2.95. The van der Waals surface area contributed by atoms with Crippen molar-refractivity contribution in [3.05, 3.63) is 64.2 Å². The Kier molecular flexibility index (Phi) is 5.90.